The van der Waals surface area contributed by atoms with E-state index in [1.807, 2.05) is 58.0 Å². The van der Waals surface area contributed by atoms with Crippen LogP contribution in [-0.4, -0.2) is 5.78 Å². The van der Waals surface area contributed by atoms with Crippen molar-refractivity contribution in [3.05, 3.63) is 77.9 Å². The molecule has 3 rings (SSSR count). The van der Waals surface area contributed by atoms with Crippen LogP contribution in [-0.2, 0) is 4.79 Å². The summed E-state index contributed by atoms with van der Waals surface area (Å²) in [6.07, 6.45) is 3.38. The molecule has 2 aromatic rings. The number of carbonyl (C=O) groups excluding carboxylic acids is 1. The van der Waals surface area contributed by atoms with Gasteiger partial charge in [0.05, 0.1) is 0 Å². The molecule has 0 spiro atoms. The largest absolute Gasteiger partial charge is 0.295 e. The summed E-state index contributed by atoms with van der Waals surface area (Å²) >= 11 is 0. The van der Waals surface area contributed by atoms with Gasteiger partial charge in [-0.25, -0.2) is 0 Å². The Kier molecular flexibility index (Phi) is 8.67. The molecule has 23 heavy (non-hydrogen) atoms. The molecule has 1 aliphatic rings. The zero-order valence-corrected chi connectivity index (χ0v) is 14.8. The maximum absolute atomic E-state index is 11.7. The Labute approximate surface area is 141 Å². The van der Waals surface area contributed by atoms with Crippen LogP contribution in [0.25, 0.3) is 5.57 Å². The van der Waals surface area contributed by atoms with Crippen molar-refractivity contribution in [2.24, 2.45) is 0 Å². The van der Waals surface area contributed by atoms with Crippen molar-refractivity contribution in [1.29, 1.82) is 0 Å². The second-order valence-electron chi connectivity index (χ2n) is 4.93. The lowest BCUT2D eigenvalue weighted by Gasteiger charge is -2.24. The van der Waals surface area contributed by atoms with Crippen molar-refractivity contribution in [3.63, 3.8) is 0 Å². The average molecular weight is 308 g/mol. The molecular weight excluding hydrogens is 280 g/mol. The predicted molar refractivity (Wildman–Crippen MR) is 101 cm³/mol. The van der Waals surface area contributed by atoms with Gasteiger partial charge in [0.2, 0.25) is 0 Å². The molecule has 122 valence electrons. The first-order valence-electron chi connectivity index (χ1n) is 8.69. The summed E-state index contributed by atoms with van der Waals surface area (Å²) in [6.45, 7) is 8.00. The topological polar surface area (TPSA) is 17.1 Å². The third kappa shape index (κ3) is 5.21. The van der Waals surface area contributed by atoms with E-state index in [9.17, 15) is 4.79 Å². The van der Waals surface area contributed by atoms with Gasteiger partial charge in [-0.3, -0.25) is 4.79 Å². The number of carbonyl (C=O) groups is 1. The van der Waals surface area contributed by atoms with Gasteiger partial charge in [0.25, 0.3) is 0 Å². The number of allylic oxidation sites excluding steroid dienone is 2. The standard InChI is InChI=1S/C18H16O.2C2H6/c19-16-11-12-17(14-7-3-1-4-8-14)18(13-16)15-9-5-2-6-10-15;2*1-2/h1-10,13,17H,11-12H2;2*1-2H3. The lowest BCUT2D eigenvalue weighted by atomic mass is 9.79. The van der Waals surface area contributed by atoms with Gasteiger partial charge in [0.1, 0.15) is 0 Å². The average Bonchev–Trinajstić information content (AvgIpc) is 2.66. The molecule has 0 amide bonds. The molecule has 0 N–H and O–H groups in total. The molecule has 0 aromatic heterocycles. The highest BCUT2D eigenvalue weighted by Crippen LogP contribution is 2.38. The van der Waals surface area contributed by atoms with E-state index in [1.165, 1.54) is 5.56 Å². The Morgan fingerprint density at radius 1 is 0.783 bits per heavy atom. The molecule has 0 aliphatic heterocycles. The first-order valence-corrected chi connectivity index (χ1v) is 8.69. The van der Waals surface area contributed by atoms with Crippen LogP contribution in [0, 0.1) is 0 Å². The first kappa shape index (κ1) is 18.9. The summed E-state index contributed by atoms with van der Waals surface area (Å²) in [4.78, 5) is 11.7. The lowest BCUT2D eigenvalue weighted by molar-refractivity contribution is -0.114. The SMILES string of the molecule is CC.CC.O=C1C=C(c2ccccc2)C(c2ccccc2)CC1. The second-order valence-corrected chi connectivity index (χ2v) is 4.93. The van der Waals surface area contributed by atoms with Crippen molar-refractivity contribution in [1.82, 2.24) is 0 Å². The van der Waals surface area contributed by atoms with Gasteiger partial charge in [-0.15, -0.1) is 0 Å². The van der Waals surface area contributed by atoms with Crippen molar-refractivity contribution in [2.45, 2.75) is 46.5 Å². The minimum atomic E-state index is 0.242. The fourth-order valence-electron chi connectivity index (χ4n) is 2.73. The highest BCUT2D eigenvalue weighted by molar-refractivity contribution is 5.99. The normalized spacial score (nSPS) is 16.3. The summed E-state index contributed by atoms with van der Waals surface area (Å²) in [5.74, 6) is 0.576. The van der Waals surface area contributed by atoms with Crippen molar-refractivity contribution in [2.75, 3.05) is 0 Å². The summed E-state index contributed by atoms with van der Waals surface area (Å²) in [5.41, 5.74) is 3.61. The smallest absolute Gasteiger partial charge is 0.156 e. The van der Waals surface area contributed by atoms with Crippen LogP contribution in [0.3, 0.4) is 0 Å². The van der Waals surface area contributed by atoms with Crippen LogP contribution in [0.4, 0.5) is 0 Å². The van der Waals surface area contributed by atoms with Gasteiger partial charge in [-0.05, 0) is 29.2 Å². The molecule has 2 aromatic carbocycles. The lowest BCUT2D eigenvalue weighted by Crippen LogP contribution is -2.12. The number of benzene rings is 2. The number of hydrogen-bond acceptors (Lipinski definition) is 1. The molecule has 0 radical (unpaired) electrons. The van der Waals surface area contributed by atoms with Gasteiger partial charge in [0.15, 0.2) is 5.78 Å². The number of ketones is 1. The van der Waals surface area contributed by atoms with E-state index >= 15 is 0 Å². The van der Waals surface area contributed by atoms with E-state index < -0.39 is 0 Å². The number of rotatable bonds is 2. The van der Waals surface area contributed by atoms with E-state index in [-0.39, 0.29) is 5.78 Å². The Balaban J connectivity index is 0.000000615. The zero-order chi connectivity index (χ0) is 17.1. The fourth-order valence-corrected chi connectivity index (χ4v) is 2.73. The van der Waals surface area contributed by atoms with Crippen molar-refractivity contribution >= 4 is 11.4 Å². The molecular formula is C22H28O. The molecule has 1 nitrogen and oxygen atoms in total. The third-order valence-corrected chi connectivity index (χ3v) is 3.68. The van der Waals surface area contributed by atoms with E-state index in [4.69, 9.17) is 0 Å². The van der Waals surface area contributed by atoms with Gasteiger partial charge >= 0.3 is 0 Å². The van der Waals surface area contributed by atoms with Crippen molar-refractivity contribution < 1.29 is 4.79 Å². The van der Waals surface area contributed by atoms with Crippen LogP contribution >= 0.6 is 0 Å². The van der Waals surface area contributed by atoms with E-state index in [0.717, 1.165) is 17.6 Å². The molecule has 1 heteroatoms. The fraction of sp³-hybridized carbons (Fsp3) is 0.318. The Morgan fingerprint density at radius 2 is 1.30 bits per heavy atom. The maximum Gasteiger partial charge on any atom is 0.156 e. The molecule has 0 heterocycles. The summed E-state index contributed by atoms with van der Waals surface area (Å²) in [5, 5.41) is 0. The second kappa shape index (κ2) is 10.6. The summed E-state index contributed by atoms with van der Waals surface area (Å²) in [7, 11) is 0. The minimum absolute atomic E-state index is 0.242. The molecule has 0 fully saturated rings. The maximum atomic E-state index is 11.7. The quantitative estimate of drug-likeness (QED) is 0.639. The number of hydrogen-bond donors (Lipinski definition) is 0. The predicted octanol–water partition coefficient (Wildman–Crippen LogP) is 6.27. The highest BCUT2D eigenvalue weighted by atomic mass is 16.1. The van der Waals surface area contributed by atoms with Gasteiger partial charge < -0.3 is 0 Å². The molecule has 1 aliphatic carbocycles. The highest BCUT2D eigenvalue weighted by Gasteiger charge is 2.23. The molecule has 0 saturated carbocycles. The molecule has 0 bridgehead atoms. The molecule has 1 atom stereocenters. The Morgan fingerprint density at radius 3 is 1.87 bits per heavy atom. The van der Waals surface area contributed by atoms with E-state index in [2.05, 4.69) is 36.4 Å². The third-order valence-electron chi connectivity index (χ3n) is 3.68. The Hall–Kier alpha value is -2.15. The van der Waals surface area contributed by atoms with Crippen molar-refractivity contribution in [3.8, 4) is 0 Å². The van der Waals surface area contributed by atoms with Gasteiger partial charge in [-0.2, -0.15) is 0 Å². The van der Waals surface area contributed by atoms with Crippen LogP contribution in [0.1, 0.15) is 57.6 Å². The van der Waals surface area contributed by atoms with E-state index in [0.29, 0.717) is 12.3 Å². The minimum Gasteiger partial charge on any atom is -0.295 e. The van der Waals surface area contributed by atoms with Crippen LogP contribution in [0.5, 0.6) is 0 Å². The van der Waals surface area contributed by atoms with Gasteiger partial charge in [0, 0.05) is 12.3 Å². The zero-order valence-electron chi connectivity index (χ0n) is 14.8. The Bertz CT molecular complexity index is 596. The first-order chi connectivity index (χ1) is 11.3. The molecule has 0 saturated heterocycles. The monoisotopic (exact) mass is 308 g/mol. The molecule has 1 unspecified atom stereocenters. The van der Waals surface area contributed by atoms with E-state index in [1.54, 1.807) is 0 Å². The van der Waals surface area contributed by atoms with Gasteiger partial charge in [-0.1, -0.05) is 88.4 Å². The summed E-state index contributed by atoms with van der Waals surface area (Å²) < 4.78 is 0. The van der Waals surface area contributed by atoms with Crippen LogP contribution in [0.15, 0.2) is 66.7 Å². The summed E-state index contributed by atoms with van der Waals surface area (Å²) in [6, 6.07) is 20.7. The van der Waals surface area contributed by atoms with Crippen LogP contribution < -0.4 is 0 Å². The van der Waals surface area contributed by atoms with Crippen LogP contribution in [0.2, 0.25) is 0 Å².